The molecule has 0 fully saturated rings. The van der Waals surface area contributed by atoms with Gasteiger partial charge in [0, 0.05) is 20.6 Å². The molecule has 6 heteroatoms. The van der Waals surface area contributed by atoms with Crippen LogP contribution in [0.3, 0.4) is 0 Å². The molecule has 0 rings (SSSR count). The topological polar surface area (TPSA) is 61.8 Å². The lowest BCUT2D eigenvalue weighted by Gasteiger charge is -2.12. The van der Waals surface area contributed by atoms with E-state index in [0.717, 1.165) is 0 Å². The summed E-state index contributed by atoms with van der Waals surface area (Å²) in [4.78, 5) is 11.1. The number of rotatable bonds is 7. The van der Waals surface area contributed by atoms with Gasteiger partial charge in [-0.15, -0.1) is 12.3 Å². The number of hydrogen-bond donors (Lipinski definition) is 0. The van der Waals surface area contributed by atoms with Crippen LogP contribution in [0, 0.1) is 12.3 Å². The average molecular weight is 234 g/mol. The average Bonchev–Trinajstić information content (AvgIpc) is 2.24. The van der Waals surface area contributed by atoms with E-state index in [4.69, 9.17) is 11.2 Å². The molecule has 0 saturated heterocycles. The highest BCUT2D eigenvalue weighted by Gasteiger charge is 2.26. The molecule has 0 N–H and O–H groups in total. The van der Waals surface area contributed by atoms with Crippen molar-refractivity contribution in [2.45, 2.75) is 12.8 Å². The first-order valence-corrected chi connectivity index (χ1v) is 6.10. The van der Waals surface area contributed by atoms with Gasteiger partial charge in [0.1, 0.15) is 6.16 Å². The monoisotopic (exact) mass is 234 g/mol. The van der Waals surface area contributed by atoms with Crippen LogP contribution in [0.4, 0.5) is 0 Å². The molecule has 0 aliphatic rings. The van der Waals surface area contributed by atoms with Crippen molar-refractivity contribution >= 4 is 13.6 Å². The van der Waals surface area contributed by atoms with E-state index in [1.54, 1.807) is 0 Å². The lowest BCUT2D eigenvalue weighted by Crippen LogP contribution is -2.12. The Morgan fingerprint density at radius 3 is 2.47 bits per heavy atom. The highest BCUT2D eigenvalue weighted by molar-refractivity contribution is 7.54. The van der Waals surface area contributed by atoms with Crippen LogP contribution in [-0.4, -0.2) is 33.0 Å². The minimum Gasteiger partial charge on any atom is -0.465 e. The molecule has 0 aliphatic heterocycles. The number of terminal acetylenes is 1. The van der Waals surface area contributed by atoms with Crippen LogP contribution in [0.5, 0.6) is 0 Å². The Morgan fingerprint density at radius 1 is 1.40 bits per heavy atom. The van der Waals surface area contributed by atoms with E-state index < -0.39 is 13.6 Å². The molecule has 0 spiro atoms. The van der Waals surface area contributed by atoms with Crippen LogP contribution in [-0.2, 0) is 23.1 Å². The molecular weight excluding hydrogens is 219 g/mol. The second-order valence-corrected chi connectivity index (χ2v) is 4.93. The van der Waals surface area contributed by atoms with Crippen LogP contribution in [0.15, 0.2) is 0 Å². The van der Waals surface area contributed by atoms with Gasteiger partial charge >= 0.3 is 13.6 Å². The van der Waals surface area contributed by atoms with Crippen molar-refractivity contribution in [1.29, 1.82) is 0 Å². The predicted octanol–water partition coefficient (Wildman–Crippen LogP) is 1.43. The first-order chi connectivity index (χ1) is 7.08. The van der Waals surface area contributed by atoms with Gasteiger partial charge in [0.2, 0.25) is 0 Å². The van der Waals surface area contributed by atoms with Crippen LogP contribution >= 0.6 is 7.60 Å². The van der Waals surface area contributed by atoms with E-state index in [1.807, 2.05) is 0 Å². The van der Waals surface area contributed by atoms with Gasteiger partial charge in [0.25, 0.3) is 0 Å². The molecule has 0 amide bonds. The summed E-state index contributed by atoms with van der Waals surface area (Å²) in [6, 6.07) is 0. The summed E-state index contributed by atoms with van der Waals surface area (Å²) in [5.41, 5.74) is 0. The van der Waals surface area contributed by atoms with Gasteiger partial charge < -0.3 is 13.8 Å². The molecule has 86 valence electrons. The van der Waals surface area contributed by atoms with Gasteiger partial charge in [0.15, 0.2) is 0 Å². The van der Waals surface area contributed by atoms with E-state index >= 15 is 0 Å². The van der Waals surface area contributed by atoms with Crippen LogP contribution in [0.1, 0.15) is 12.8 Å². The van der Waals surface area contributed by atoms with Crippen molar-refractivity contribution in [2.24, 2.45) is 0 Å². The quantitative estimate of drug-likeness (QED) is 0.288. The number of carbonyl (C=O) groups excluding carboxylic acids is 1. The Bertz CT molecular complexity index is 273. The summed E-state index contributed by atoms with van der Waals surface area (Å²) >= 11 is 0. The van der Waals surface area contributed by atoms with E-state index in [0.29, 0.717) is 12.8 Å². The SMILES string of the molecule is C#CCCCOC(=O)CP(=O)(OC)OC. The largest absolute Gasteiger partial charge is 0.465 e. The number of hydrogen-bond acceptors (Lipinski definition) is 5. The summed E-state index contributed by atoms with van der Waals surface area (Å²) in [6.07, 6.45) is 5.77. The van der Waals surface area contributed by atoms with E-state index in [-0.39, 0.29) is 12.8 Å². The number of esters is 1. The van der Waals surface area contributed by atoms with Gasteiger partial charge in [-0.05, 0) is 6.42 Å². The van der Waals surface area contributed by atoms with Crippen molar-refractivity contribution in [1.82, 2.24) is 0 Å². The van der Waals surface area contributed by atoms with Gasteiger partial charge in [-0.1, -0.05) is 0 Å². The summed E-state index contributed by atoms with van der Waals surface area (Å²) in [6.45, 7) is 0.219. The fraction of sp³-hybridized carbons (Fsp3) is 0.667. The zero-order valence-electron chi connectivity index (χ0n) is 8.89. The minimum absolute atomic E-state index is 0.219. The van der Waals surface area contributed by atoms with Crippen molar-refractivity contribution in [2.75, 3.05) is 27.0 Å². The molecule has 0 aliphatic carbocycles. The predicted molar refractivity (Wildman–Crippen MR) is 55.5 cm³/mol. The maximum Gasteiger partial charge on any atom is 0.341 e. The molecule has 0 radical (unpaired) electrons. The van der Waals surface area contributed by atoms with Crippen LogP contribution < -0.4 is 0 Å². The zero-order valence-corrected chi connectivity index (χ0v) is 9.79. The van der Waals surface area contributed by atoms with Crippen LogP contribution in [0.25, 0.3) is 0 Å². The number of unbranched alkanes of at least 4 members (excludes halogenated alkanes) is 1. The van der Waals surface area contributed by atoms with Gasteiger partial charge in [-0.2, -0.15) is 0 Å². The van der Waals surface area contributed by atoms with Crippen molar-refractivity contribution in [3.05, 3.63) is 0 Å². The van der Waals surface area contributed by atoms with Crippen LogP contribution in [0.2, 0.25) is 0 Å². The molecular formula is C9H15O5P. The molecule has 0 bridgehead atoms. The smallest absolute Gasteiger partial charge is 0.341 e. The molecule has 15 heavy (non-hydrogen) atoms. The van der Waals surface area contributed by atoms with E-state index in [9.17, 15) is 9.36 Å². The maximum absolute atomic E-state index is 11.5. The highest BCUT2D eigenvalue weighted by atomic mass is 31.2. The van der Waals surface area contributed by atoms with Gasteiger partial charge in [-0.3, -0.25) is 9.36 Å². The molecule has 5 nitrogen and oxygen atoms in total. The Kier molecular flexibility index (Phi) is 7.06. The standard InChI is InChI=1S/C9H15O5P/c1-4-5-6-7-14-9(10)8-15(11,12-2)13-3/h1H,5-8H2,2-3H3. The molecule has 0 saturated carbocycles. The number of ether oxygens (including phenoxy) is 1. The summed E-state index contributed by atoms with van der Waals surface area (Å²) < 4.78 is 25.4. The third kappa shape index (κ3) is 6.29. The Balaban J connectivity index is 3.84. The second-order valence-electron chi connectivity index (χ2n) is 2.66. The highest BCUT2D eigenvalue weighted by Crippen LogP contribution is 2.45. The molecule has 0 unspecified atom stereocenters. The minimum atomic E-state index is -3.31. The fourth-order valence-corrected chi connectivity index (χ4v) is 1.58. The fourth-order valence-electron chi connectivity index (χ4n) is 0.768. The van der Waals surface area contributed by atoms with Gasteiger partial charge in [0.05, 0.1) is 6.61 Å². The van der Waals surface area contributed by atoms with Crippen molar-refractivity contribution < 1.29 is 23.1 Å². The third-order valence-electron chi connectivity index (χ3n) is 1.61. The maximum atomic E-state index is 11.5. The van der Waals surface area contributed by atoms with E-state index in [1.165, 1.54) is 14.2 Å². The normalized spacial score (nSPS) is 10.7. The Hall–Kier alpha value is -0.820. The first kappa shape index (κ1) is 14.2. The lowest BCUT2D eigenvalue weighted by molar-refractivity contribution is -0.140. The Labute approximate surface area is 89.6 Å². The molecule has 0 atom stereocenters. The first-order valence-electron chi connectivity index (χ1n) is 4.37. The Morgan fingerprint density at radius 2 is 2.00 bits per heavy atom. The molecule has 0 heterocycles. The summed E-state index contributed by atoms with van der Waals surface area (Å²) in [5.74, 6) is 1.80. The second kappa shape index (κ2) is 7.47. The summed E-state index contributed by atoms with van der Waals surface area (Å²) in [7, 11) is -0.871. The lowest BCUT2D eigenvalue weighted by atomic mass is 10.3. The van der Waals surface area contributed by atoms with Gasteiger partial charge in [-0.25, -0.2) is 0 Å². The molecule has 0 aromatic heterocycles. The zero-order chi connectivity index (χ0) is 11.7. The summed E-state index contributed by atoms with van der Waals surface area (Å²) in [5, 5.41) is 0. The molecule has 0 aromatic rings. The third-order valence-corrected chi connectivity index (χ3v) is 3.37. The van der Waals surface area contributed by atoms with Crippen molar-refractivity contribution in [3.63, 3.8) is 0 Å². The molecule has 0 aromatic carbocycles. The van der Waals surface area contributed by atoms with Crippen molar-refractivity contribution in [3.8, 4) is 12.3 Å². The number of carbonyl (C=O) groups is 1. The van der Waals surface area contributed by atoms with E-state index in [2.05, 4.69) is 15.0 Å².